The van der Waals surface area contributed by atoms with E-state index in [2.05, 4.69) is 5.32 Å². The van der Waals surface area contributed by atoms with Gasteiger partial charge in [-0.3, -0.25) is 4.79 Å². The molecule has 0 heterocycles. The van der Waals surface area contributed by atoms with Crippen LogP contribution in [0.1, 0.15) is 15.9 Å². The van der Waals surface area contributed by atoms with Crippen LogP contribution in [0.5, 0.6) is 11.5 Å². The predicted molar refractivity (Wildman–Crippen MR) is 122 cm³/mol. The van der Waals surface area contributed by atoms with Crippen LogP contribution in [-0.4, -0.2) is 12.9 Å². The number of benzene rings is 3. The number of anilines is 1. The molecule has 3 aromatic carbocycles. The molecular weight excluding hydrogens is 445 g/mol. The van der Waals surface area contributed by atoms with Gasteiger partial charge in [-0.05, 0) is 42.5 Å². The Bertz CT molecular complexity index is 1080. The summed E-state index contributed by atoms with van der Waals surface area (Å²) in [4.78, 5) is 12.6. The number of hydrogen-bond donors (Lipinski definition) is 1. The number of para-hydroxylation sites is 1. The summed E-state index contributed by atoms with van der Waals surface area (Å²) < 4.78 is 11.0. The first-order valence-electron chi connectivity index (χ1n) is 8.94. The molecule has 3 rings (SSSR count). The highest BCUT2D eigenvalue weighted by atomic mass is 35.5. The third-order valence-corrected chi connectivity index (χ3v) is 5.07. The molecule has 30 heavy (non-hydrogen) atoms. The standard InChI is InChI=1S/C23H18Cl3NO3/c1-29-23-9-8-17(13-20(23)26)27-11-10-21(28)18-4-2-3-5-22(18)30-14-15-6-7-16(24)12-19(15)25/h2-13,27H,14H2,1H3. The first kappa shape index (κ1) is 22.0. The van der Waals surface area contributed by atoms with E-state index in [1.807, 2.05) is 0 Å². The summed E-state index contributed by atoms with van der Waals surface area (Å²) >= 11 is 18.2. The van der Waals surface area contributed by atoms with Crippen LogP contribution in [0.25, 0.3) is 0 Å². The van der Waals surface area contributed by atoms with E-state index < -0.39 is 0 Å². The smallest absolute Gasteiger partial charge is 0.191 e. The number of hydrogen-bond acceptors (Lipinski definition) is 4. The lowest BCUT2D eigenvalue weighted by Crippen LogP contribution is -2.03. The van der Waals surface area contributed by atoms with Gasteiger partial charge in [-0.1, -0.05) is 53.0 Å². The summed E-state index contributed by atoms with van der Waals surface area (Å²) in [6.07, 6.45) is 2.98. The highest BCUT2D eigenvalue weighted by molar-refractivity contribution is 6.35. The molecule has 0 bridgehead atoms. The fraction of sp³-hybridized carbons (Fsp3) is 0.0870. The van der Waals surface area contributed by atoms with Crippen molar-refractivity contribution in [2.24, 2.45) is 0 Å². The molecule has 0 unspecified atom stereocenters. The second-order valence-electron chi connectivity index (χ2n) is 6.21. The average Bonchev–Trinajstić information content (AvgIpc) is 2.73. The SMILES string of the molecule is COc1ccc(NC=CC(=O)c2ccccc2OCc2ccc(Cl)cc2Cl)cc1Cl. The molecule has 0 atom stereocenters. The summed E-state index contributed by atoms with van der Waals surface area (Å²) in [6, 6.07) is 17.5. The van der Waals surface area contributed by atoms with E-state index in [0.29, 0.717) is 32.1 Å². The van der Waals surface area contributed by atoms with E-state index >= 15 is 0 Å². The molecule has 0 aliphatic rings. The summed E-state index contributed by atoms with van der Waals surface area (Å²) in [7, 11) is 1.55. The zero-order valence-electron chi connectivity index (χ0n) is 16.0. The summed E-state index contributed by atoms with van der Waals surface area (Å²) in [6.45, 7) is 0.215. The van der Waals surface area contributed by atoms with Gasteiger partial charge < -0.3 is 14.8 Å². The minimum atomic E-state index is -0.208. The van der Waals surface area contributed by atoms with Crippen molar-refractivity contribution in [3.8, 4) is 11.5 Å². The molecule has 4 nitrogen and oxygen atoms in total. The van der Waals surface area contributed by atoms with Crippen molar-refractivity contribution in [3.05, 3.63) is 99.1 Å². The van der Waals surface area contributed by atoms with Crippen molar-refractivity contribution in [2.75, 3.05) is 12.4 Å². The highest BCUT2D eigenvalue weighted by Crippen LogP contribution is 2.27. The topological polar surface area (TPSA) is 47.6 Å². The van der Waals surface area contributed by atoms with Crippen LogP contribution in [0, 0.1) is 0 Å². The Hall–Kier alpha value is -2.66. The maximum atomic E-state index is 12.6. The molecule has 0 aliphatic carbocycles. The number of carbonyl (C=O) groups excluding carboxylic acids is 1. The fourth-order valence-electron chi connectivity index (χ4n) is 2.65. The average molecular weight is 463 g/mol. The van der Waals surface area contributed by atoms with Gasteiger partial charge in [0, 0.05) is 33.6 Å². The van der Waals surface area contributed by atoms with Gasteiger partial charge in [0.2, 0.25) is 0 Å². The molecule has 0 aromatic heterocycles. The lowest BCUT2D eigenvalue weighted by Gasteiger charge is -2.11. The van der Waals surface area contributed by atoms with Gasteiger partial charge in [-0.15, -0.1) is 0 Å². The predicted octanol–water partition coefficient (Wildman–Crippen LogP) is 7.04. The van der Waals surface area contributed by atoms with Gasteiger partial charge in [0.25, 0.3) is 0 Å². The van der Waals surface area contributed by atoms with Crippen molar-refractivity contribution in [3.63, 3.8) is 0 Å². The number of ketones is 1. The zero-order chi connectivity index (χ0) is 21.5. The first-order chi connectivity index (χ1) is 14.5. The molecule has 7 heteroatoms. The maximum absolute atomic E-state index is 12.6. The molecule has 154 valence electrons. The Morgan fingerprint density at radius 2 is 1.77 bits per heavy atom. The molecule has 0 spiro atoms. The lowest BCUT2D eigenvalue weighted by molar-refractivity contribution is 0.104. The number of methoxy groups -OCH3 is 1. The number of carbonyl (C=O) groups is 1. The zero-order valence-corrected chi connectivity index (χ0v) is 18.3. The van der Waals surface area contributed by atoms with Crippen LogP contribution in [0.15, 0.2) is 72.9 Å². The molecule has 3 aromatic rings. The summed E-state index contributed by atoms with van der Waals surface area (Å²) in [5, 5.41) is 4.55. The third-order valence-electron chi connectivity index (χ3n) is 4.19. The number of allylic oxidation sites excluding steroid dienone is 1. The number of nitrogens with one attached hydrogen (secondary N) is 1. The molecule has 0 radical (unpaired) electrons. The Morgan fingerprint density at radius 3 is 2.50 bits per heavy atom. The summed E-state index contributed by atoms with van der Waals surface area (Å²) in [5.74, 6) is 0.833. The van der Waals surface area contributed by atoms with Crippen molar-refractivity contribution < 1.29 is 14.3 Å². The Kier molecular flexibility index (Phi) is 7.63. The van der Waals surface area contributed by atoms with E-state index in [4.69, 9.17) is 44.3 Å². The Labute approximate surface area is 190 Å². The summed E-state index contributed by atoms with van der Waals surface area (Å²) in [5.41, 5.74) is 1.94. The van der Waals surface area contributed by atoms with Crippen LogP contribution in [0.3, 0.4) is 0 Å². The monoisotopic (exact) mass is 461 g/mol. The van der Waals surface area contributed by atoms with Crippen LogP contribution in [0.2, 0.25) is 15.1 Å². The van der Waals surface area contributed by atoms with Crippen LogP contribution in [0.4, 0.5) is 5.69 Å². The van der Waals surface area contributed by atoms with Gasteiger partial charge in [0.1, 0.15) is 18.1 Å². The second kappa shape index (κ2) is 10.4. The van der Waals surface area contributed by atoms with Gasteiger partial charge >= 0.3 is 0 Å². The van der Waals surface area contributed by atoms with Crippen molar-refractivity contribution >= 4 is 46.3 Å². The minimum Gasteiger partial charge on any atom is -0.495 e. The van der Waals surface area contributed by atoms with Gasteiger partial charge in [0.15, 0.2) is 5.78 Å². The third kappa shape index (κ3) is 5.70. The molecule has 1 N–H and O–H groups in total. The molecule has 0 aliphatic heterocycles. The normalized spacial score (nSPS) is 10.8. The molecular formula is C23H18Cl3NO3. The van der Waals surface area contributed by atoms with E-state index in [-0.39, 0.29) is 12.4 Å². The van der Waals surface area contributed by atoms with Crippen LogP contribution in [-0.2, 0) is 6.61 Å². The molecule has 0 saturated heterocycles. The maximum Gasteiger partial charge on any atom is 0.191 e. The van der Waals surface area contributed by atoms with E-state index in [1.165, 1.54) is 6.08 Å². The largest absolute Gasteiger partial charge is 0.495 e. The number of rotatable bonds is 8. The molecule has 0 amide bonds. The Balaban J connectivity index is 1.67. The van der Waals surface area contributed by atoms with Gasteiger partial charge in [-0.25, -0.2) is 0 Å². The quantitative estimate of drug-likeness (QED) is 0.288. The van der Waals surface area contributed by atoms with Crippen molar-refractivity contribution in [1.82, 2.24) is 0 Å². The highest BCUT2D eigenvalue weighted by Gasteiger charge is 2.11. The van der Waals surface area contributed by atoms with E-state index in [0.717, 1.165) is 11.3 Å². The number of halogens is 3. The van der Waals surface area contributed by atoms with Gasteiger partial charge in [-0.2, -0.15) is 0 Å². The fourth-order valence-corrected chi connectivity index (χ4v) is 3.37. The molecule has 0 saturated carbocycles. The minimum absolute atomic E-state index is 0.208. The second-order valence-corrected chi connectivity index (χ2v) is 7.46. The lowest BCUT2D eigenvalue weighted by atomic mass is 10.1. The van der Waals surface area contributed by atoms with Crippen molar-refractivity contribution in [1.29, 1.82) is 0 Å². The first-order valence-corrected chi connectivity index (χ1v) is 10.1. The van der Waals surface area contributed by atoms with E-state index in [1.54, 1.807) is 74.0 Å². The van der Waals surface area contributed by atoms with Gasteiger partial charge in [0.05, 0.1) is 17.7 Å². The van der Waals surface area contributed by atoms with Crippen molar-refractivity contribution in [2.45, 2.75) is 6.61 Å². The van der Waals surface area contributed by atoms with Crippen LogP contribution >= 0.6 is 34.8 Å². The van der Waals surface area contributed by atoms with E-state index in [9.17, 15) is 4.79 Å². The molecule has 0 fully saturated rings. The number of ether oxygens (including phenoxy) is 2. The van der Waals surface area contributed by atoms with Crippen LogP contribution < -0.4 is 14.8 Å². The Morgan fingerprint density at radius 1 is 0.967 bits per heavy atom.